The first-order chi connectivity index (χ1) is 8.55. The largest absolute Gasteiger partial charge is 0.454 e. The number of fused-ring (bicyclic) bond motifs is 3. The number of pyridine rings is 1. The van der Waals surface area contributed by atoms with E-state index < -0.39 is 0 Å². The average Bonchev–Trinajstić information content (AvgIpc) is 2.50. The van der Waals surface area contributed by atoms with Crippen molar-refractivity contribution in [1.29, 1.82) is 0 Å². The van der Waals surface area contributed by atoms with Crippen molar-refractivity contribution in [3.05, 3.63) is 47.0 Å². The lowest BCUT2D eigenvalue weighted by atomic mass is 9.91. The van der Waals surface area contributed by atoms with Crippen molar-refractivity contribution < 1.29 is 4.42 Å². The molecule has 0 saturated carbocycles. The molecule has 0 radical (unpaired) electrons. The fraction of sp³-hybridized carbons (Fsp3) is 0.250. The molecule has 0 unspecified atom stereocenters. The fourth-order valence-electron chi connectivity index (χ4n) is 2.02. The smallest absolute Gasteiger partial charge is 0.153 e. The van der Waals surface area contributed by atoms with Crippen molar-refractivity contribution in [3.63, 3.8) is 0 Å². The number of allylic oxidation sites excluding steroid dienone is 2. The van der Waals surface area contributed by atoms with Crippen LogP contribution in [0.4, 0.5) is 0 Å². The van der Waals surface area contributed by atoms with Crippen molar-refractivity contribution in [2.75, 3.05) is 0 Å². The zero-order valence-electron chi connectivity index (χ0n) is 10.8. The maximum atomic E-state index is 5.80. The van der Waals surface area contributed by atoms with Crippen LogP contribution in [0.5, 0.6) is 0 Å². The van der Waals surface area contributed by atoms with Gasteiger partial charge in [0.25, 0.3) is 0 Å². The molecule has 1 aliphatic rings. The lowest BCUT2D eigenvalue weighted by Crippen LogP contribution is -2.13. The SMILES string of the molecule is CC(C)(C)c1ccc2oc3c(c2n1)C=C=CC=C3. The highest BCUT2D eigenvalue weighted by atomic mass is 16.3. The minimum absolute atomic E-state index is 0.0401. The summed E-state index contributed by atoms with van der Waals surface area (Å²) in [6.45, 7) is 6.49. The Kier molecular flexibility index (Phi) is 2.29. The zero-order valence-corrected chi connectivity index (χ0v) is 10.8. The highest BCUT2D eigenvalue weighted by Crippen LogP contribution is 2.30. The number of rotatable bonds is 0. The molecule has 90 valence electrons. The minimum atomic E-state index is 0.0401. The summed E-state index contributed by atoms with van der Waals surface area (Å²) in [6, 6.07) is 4.04. The van der Waals surface area contributed by atoms with Crippen LogP contribution in [0.15, 0.2) is 34.4 Å². The maximum Gasteiger partial charge on any atom is 0.153 e. The molecular weight excluding hydrogens is 222 g/mol. The predicted molar refractivity (Wildman–Crippen MR) is 74.3 cm³/mol. The van der Waals surface area contributed by atoms with E-state index >= 15 is 0 Å². The molecule has 2 heteroatoms. The van der Waals surface area contributed by atoms with Gasteiger partial charge in [0.2, 0.25) is 0 Å². The number of furan rings is 1. The lowest BCUT2D eigenvalue weighted by Gasteiger charge is -2.17. The predicted octanol–water partition coefficient (Wildman–Crippen LogP) is 4.32. The van der Waals surface area contributed by atoms with Crippen molar-refractivity contribution in [2.24, 2.45) is 0 Å². The summed E-state index contributed by atoms with van der Waals surface area (Å²) in [5.41, 5.74) is 6.98. The van der Waals surface area contributed by atoms with E-state index in [1.807, 2.05) is 36.4 Å². The van der Waals surface area contributed by atoms with Crippen LogP contribution in [0.1, 0.15) is 37.8 Å². The second-order valence-electron chi connectivity index (χ2n) is 5.51. The molecule has 0 aliphatic heterocycles. The van der Waals surface area contributed by atoms with Gasteiger partial charge in [0.1, 0.15) is 11.3 Å². The van der Waals surface area contributed by atoms with Crippen molar-refractivity contribution in [3.8, 4) is 0 Å². The van der Waals surface area contributed by atoms with Gasteiger partial charge >= 0.3 is 0 Å². The van der Waals surface area contributed by atoms with Crippen LogP contribution in [-0.4, -0.2) is 4.98 Å². The third-order valence-electron chi connectivity index (χ3n) is 3.03. The van der Waals surface area contributed by atoms with Gasteiger partial charge in [-0.3, -0.25) is 0 Å². The summed E-state index contributed by atoms with van der Waals surface area (Å²) in [5.74, 6) is 0.852. The first-order valence-electron chi connectivity index (χ1n) is 6.09. The summed E-state index contributed by atoms with van der Waals surface area (Å²) in [4.78, 5) is 4.75. The van der Waals surface area contributed by atoms with Crippen LogP contribution in [0.2, 0.25) is 0 Å². The third-order valence-corrected chi connectivity index (χ3v) is 3.03. The van der Waals surface area contributed by atoms with Gasteiger partial charge in [0.15, 0.2) is 5.58 Å². The van der Waals surface area contributed by atoms with Crippen LogP contribution in [0, 0.1) is 0 Å². The van der Waals surface area contributed by atoms with E-state index in [9.17, 15) is 0 Å². The molecule has 2 heterocycles. The monoisotopic (exact) mass is 237 g/mol. The van der Waals surface area contributed by atoms with Crippen molar-refractivity contribution in [2.45, 2.75) is 26.2 Å². The van der Waals surface area contributed by atoms with Gasteiger partial charge in [0, 0.05) is 11.1 Å². The van der Waals surface area contributed by atoms with Crippen LogP contribution < -0.4 is 0 Å². The Morgan fingerprint density at radius 2 is 2.06 bits per heavy atom. The second kappa shape index (κ2) is 3.72. The Bertz CT molecular complexity index is 705. The highest BCUT2D eigenvalue weighted by Gasteiger charge is 2.19. The molecule has 0 spiro atoms. The summed E-state index contributed by atoms with van der Waals surface area (Å²) in [5, 5.41) is 0. The molecule has 0 saturated heterocycles. The normalized spacial score (nSPS) is 13.9. The molecule has 0 fully saturated rings. The fourth-order valence-corrected chi connectivity index (χ4v) is 2.02. The quantitative estimate of drug-likeness (QED) is 0.638. The van der Waals surface area contributed by atoms with E-state index in [-0.39, 0.29) is 5.41 Å². The molecule has 2 aromatic rings. The van der Waals surface area contributed by atoms with E-state index in [1.165, 1.54) is 0 Å². The molecule has 0 N–H and O–H groups in total. The van der Waals surface area contributed by atoms with E-state index in [0.29, 0.717) is 0 Å². The van der Waals surface area contributed by atoms with E-state index in [4.69, 9.17) is 9.40 Å². The minimum Gasteiger partial charge on any atom is -0.454 e. The summed E-state index contributed by atoms with van der Waals surface area (Å²) >= 11 is 0. The molecule has 0 amide bonds. The average molecular weight is 237 g/mol. The molecule has 0 atom stereocenters. The second-order valence-corrected chi connectivity index (χ2v) is 5.51. The Labute approximate surface area is 106 Å². The lowest BCUT2D eigenvalue weighted by molar-refractivity contribution is 0.569. The Balaban J connectivity index is 2.31. The first-order valence-corrected chi connectivity index (χ1v) is 6.09. The number of aromatic nitrogens is 1. The standard InChI is InChI=1S/C16H15NO/c1-16(2,3)14-10-9-13-15(17-14)11-7-5-4-6-8-12(11)18-13/h4,6-10H,1-3H3. The maximum absolute atomic E-state index is 5.80. The van der Waals surface area contributed by atoms with Crippen LogP contribution in [-0.2, 0) is 5.41 Å². The van der Waals surface area contributed by atoms with E-state index in [0.717, 1.165) is 28.1 Å². The Hall–Kier alpha value is -2.05. The van der Waals surface area contributed by atoms with Gasteiger partial charge in [0.05, 0.1) is 5.56 Å². The molecule has 18 heavy (non-hydrogen) atoms. The van der Waals surface area contributed by atoms with Crippen molar-refractivity contribution >= 4 is 23.3 Å². The third kappa shape index (κ3) is 1.71. The summed E-state index contributed by atoms with van der Waals surface area (Å²) < 4.78 is 5.80. The summed E-state index contributed by atoms with van der Waals surface area (Å²) in [7, 11) is 0. The molecule has 2 nitrogen and oxygen atoms in total. The van der Waals surface area contributed by atoms with Crippen LogP contribution in [0.25, 0.3) is 23.3 Å². The zero-order chi connectivity index (χ0) is 12.8. The van der Waals surface area contributed by atoms with Gasteiger partial charge in [-0.15, -0.1) is 5.73 Å². The van der Waals surface area contributed by atoms with E-state index in [1.54, 1.807) is 0 Å². The van der Waals surface area contributed by atoms with E-state index in [2.05, 4.69) is 26.5 Å². The number of hydrogen-bond acceptors (Lipinski definition) is 2. The Morgan fingerprint density at radius 1 is 1.22 bits per heavy atom. The molecule has 2 aromatic heterocycles. The highest BCUT2D eigenvalue weighted by molar-refractivity contribution is 5.88. The van der Waals surface area contributed by atoms with Crippen LogP contribution in [0.3, 0.4) is 0 Å². The van der Waals surface area contributed by atoms with Gasteiger partial charge in [-0.2, -0.15) is 0 Å². The molecule has 3 rings (SSSR count). The Morgan fingerprint density at radius 3 is 2.83 bits per heavy atom. The van der Waals surface area contributed by atoms with Crippen LogP contribution >= 0.6 is 0 Å². The molecule has 0 aromatic carbocycles. The summed E-state index contributed by atoms with van der Waals surface area (Å²) in [6.07, 6.45) is 7.68. The van der Waals surface area contributed by atoms with Crippen molar-refractivity contribution in [1.82, 2.24) is 4.98 Å². The van der Waals surface area contributed by atoms with Gasteiger partial charge < -0.3 is 4.42 Å². The van der Waals surface area contributed by atoms with Gasteiger partial charge in [-0.25, -0.2) is 4.98 Å². The number of nitrogens with zero attached hydrogens (tertiary/aromatic N) is 1. The van der Waals surface area contributed by atoms with Gasteiger partial charge in [-0.05, 0) is 30.4 Å². The molecule has 1 aliphatic carbocycles. The molecule has 0 bridgehead atoms. The first kappa shape index (κ1) is 11.1. The van der Waals surface area contributed by atoms with Gasteiger partial charge in [-0.1, -0.05) is 26.8 Å². The number of hydrogen-bond donors (Lipinski definition) is 0. The molecular formula is C16H15NO. The topological polar surface area (TPSA) is 26.0 Å².